The number of nitrogens with one attached hydrogen (secondary N) is 2. The number of carbonyl (C=O) groups excluding carboxylic acids is 1. The minimum atomic E-state index is -0.913. The zero-order valence-electron chi connectivity index (χ0n) is 13.4. The van der Waals surface area contributed by atoms with Gasteiger partial charge in [0.2, 0.25) is 5.91 Å². The summed E-state index contributed by atoms with van der Waals surface area (Å²) in [6.07, 6.45) is 0. The molecule has 1 heterocycles. The van der Waals surface area contributed by atoms with E-state index in [1.165, 1.54) is 17.2 Å². The molecule has 2 N–H and O–H groups in total. The average molecular weight is 312 g/mol. The lowest BCUT2D eigenvalue weighted by Gasteiger charge is -2.24. The van der Waals surface area contributed by atoms with Gasteiger partial charge in [0.05, 0.1) is 5.41 Å². The predicted molar refractivity (Wildman–Crippen MR) is 88.3 cm³/mol. The van der Waals surface area contributed by atoms with Gasteiger partial charge in [-0.15, -0.1) is 0 Å². The van der Waals surface area contributed by atoms with Crippen molar-refractivity contribution < 1.29 is 9.18 Å². The predicted octanol–water partition coefficient (Wildman–Crippen LogP) is 3.02. The number of carbonyl (C=O) groups is 1. The van der Waals surface area contributed by atoms with E-state index in [9.17, 15) is 9.18 Å². The van der Waals surface area contributed by atoms with Crippen molar-refractivity contribution in [2.45, 2.75) is 38.9 Å². The molecule has 0 radical (unpaired) electrons. The smallest absolute Gasteiger partial charge is 0.230 e. The maximum atomic E-state index is 14.0. The lowest BCUT2D eigenvalue weighted by atomic mass is 9.83. The molecule has 0 aromatic heterocycles. The van der Waals surface area contributed by atoms with Gasteiger partial charge in [-0.05, 0) is 36.6 Å². The van der Waals surface area contributed by atoms with Gasteiger partial charge in [0.1, 0.15) is 5.82 Å². The lowest BCUT2D eigenvalue weighted by molar-refractivity contribution is -0.125. The van der Waals surface area contributed by atoms with E-state index < -0.39 is 5.41 Å². The first-order valence-electron chi connectivity index (χ1n) is 7.83. The molecular weight excluding hydrogens is 291 g/mol. The molecule has 0 saturated carbocycles. The quantitative estimate of drug-likeness (QED) is 0.911. The molecule has 120 valence electrons. The molecule has 1 aliphatic rings. The van der Waals surface area contributed by atoms with Crippen LogP contribution in [0.2, 0.25) is 0 Å². The van der Waals surface area contributed by atoms with E-state index in [1.54, 1.807) is 32.0 Å². The molecule has 1 amide bonds. The summed E-state index contributed by atoms with van der Waals surface area (Å²) in [7, 11) is 0. The van der Waals surface area contributed by atoms with E-state index >= 15 is 0 Å². The fraction of sp³-hybridized carbons (Fsp3) is 0.316. The van der Waals surface area contributed by atoms with Crippen LogP contribution in [0.1, 0.15) is 36.1 Å². The molecular formula is C19H21FN2O. The second kappa shape index (κ2) is 6.13. The molecule has 0 fully saturated rings. The summed E-state index contributed by atoms with van der Waals surface area (Å²) in [5.41, 5.74) is 3.15. The van der Waals surface area contributed by atoms with Crippen molar-refractivity contribution in [1.82, 2.24) is 10.6 Å². The normalized spacial score (nSPS) is 13.7. The highest BCUT2D eigenvalue weighted by molar-refractivity contribution is 5.87. The second-order valence-electron chi connectivity index (χ2n) is 6.49. The summed E-state index contributed by atoms with van der Waals surface area (Å²) < 4.78 is 14.0. The molecule has 2 aromatic carbocycles. The van der Waals surface area contributed by atoms with Crippen molar-refractivity contribution in [1.29, 1.82) is 0 Å². The van der Waals surface area contributed by atoms with Gasteiger partial charge in [-0.25, -0.2) is 4.39 Å². The van der Waals surface area contributed by atoms with Gasteiger partial charge in [0, 0.05) is 25.2 Å². The Morgan fingerprint density at radius 2 is 1.91 bits per heavy atom. The zero-order valence-corrected chi connectivity index (χ0v) is 13.4. The van der Waals surface area contributed by atoms with Crippen LogP contribution >= 0.6 is 0 Å². The molecule has 23 heavy (non-hydrogen) atoms. The molecule has 0 unspecified atom stereocenters. The number of amides is 1. The molecule has 2 aromatic rings. The number of hydrogen-bond acceptors (Lipinski definition) is 2. The SMILES string of the molecule is CC(C)(C(=O)NCc1ccc2c(c1)CNC2)c1ccccc1F. The Kier molecular flexibility index (Phi) is 4.18. The maximum Gasteiger partial charge on any atom is 0.230 e. The van der Waals surface area contributed by atoms with E-state index in [1.807, 2.05) is 6.07 Å². The van der Waals surface area contributed by atoms with Gasteiger partial charge in [0.15, 0.2) is 0 Å². The van der Waals surface area contributed by atoms with Crippen LogP contribution in [-0.2, 0) is 29.8 Å². The standard InChI is InChI=1S/C19H21FN2O/c1-19(2,16-5-3-4-6-17(16)20)18(23)22-10-13-7-8-14-11-21-12-15(14)9-13/h3-9,21H,10-12H2,1-2H3,(H,22,23). The van der Waals surface area contributed by atoms with Crippen LogP contribution in [0, 0.1) is 5.82 Å². The summed E-state index contributed by atoms with van der Waals surface area (Å²) in [6, 6.07) is 12.7. The number of halogens is 1. The molecule has 3 nitrogen and oxygen atoms in total. The third-order valence-electron chi connectivity index (χ3n) is 4.47. The third kappa shape index (κ3) is 3.13. The molecule has 0 spiro atoms. The Balaban J connectivity index is 1.70. The first kappa shape index (κ1) is 15.7. The Labute approximate surface area is 135 Å². The van der Waals surface area contributed by atoms with Crippen molar-refractivity contribution in [3.63, 3.8) is 0 Å². The van der Waals surface area contributed by atoms with Gasteiger partial charge in [-0.1, -0.05) is 36.4 Å². The summed E-state index contributed by atoms with van der Waals surface area (Å²) in [5, 5.41) is 6.23. The van der Waals surface area contributed by atoms with Crippen LogP contribution in [0.5, 0.6) is 0 Å². The molecule has 3 rings (SSSR count). The van der Waals surface area contributed by atoms with Gasteiger partial charge in [-0.3, -0.25) is 4.79 Å². The first-order valence-corrected chi connectivity index (χ1v) is 7.83. The fourth-order valence-corrected chi connectivity index (χ4v) is 2.95. The summed E-state index contributed by atoms with van der Waals surface area (Å²) in [4.78, 5) is 12.5. The molecule has 0 atom stereocenters. The molecule has 0 bridgehead atoms. The van der Waals surface area contributed by atoms with Crippen molar-refractivity contribution >= 4 is 5.91 Å². The fourth-order valence-electron chi connectivity index (χ4n) is 2.95. The monoisotopic (exact) mass is 312 g/mol. The highest BCUT2D eigenvalue weighted by Gasteiger charge is 2.31. The average Bonchev–Trinajstić information content (AvgIpc) is 3.00. The van der Waals surface area contributed by atoms with Gasteiger partial charge in [-0.2, -0.15) is 0 Å². The van der Waals surface area contributed by atoms with Gasteiger partial charge < -0.3 is 10.6 Å². The number of hydrogen-bond donors (Lipinski definition) is 2. The minimum absolute atomic E-state index is 0.179. The van der Waals surface area contributed by atoms with Crippen molar-refractivity contribution in [3.8, 4) is 0 Å². The number of fused-ring (bicyclic) bond motifs is 1. The van der Waals surface area contributed by atoms with Crippen LogP contribution in [0.4, 0.5) is 4.39 Å². The molecule has 4 heteroatoms. The summed E-state index contributed by atoms with van der Waals surface area (Å²) in [5.74, 6) is -0.530. The molecule has 0 saturated heterocycles. The van der Waals surface area contributed by atoms with Crippen LogP contribution in [0.3, 0.4) is 0 Å². The number of benzene rings is 2. The van der Waals surface area contributed by atoms with E-state index in [-0.39, 0.29) is 11.7 Å². The number of rotatable bonds is 4. The Morgan fingerprint density at radius 3 is 2.70 bits per heavy atom. The Bertz CT molecular complexity index is 740. The van der Waals surface area contributed by atoms with E-state index in [0.29, 0.717) is 12.1 Å². The Hall–Kier alpha value is -2.20. The van der Waals surface area contributed by atoms with Crippen molar-refractivity contribution in [2.24, 2.45) is 0 Å². The van der Waals surface area contributed by atoms with Crippen molar-refractivity contribution in [3.05, 3.63) is 70.5 Å². The minimum Gasteiger partial charge on any atom is -0.351 e. The van der Waals surface area contributed by atoms with E-state index in [2.05, 4.69) is 22.8 Å². The molecule has 0 aliphatic carbocycles. The highest BCUT2D eigenvalue weighted by atomic mass is 19.1. The van der Waals surface area contributed by atoms with Crippen molar-refractivity contribution in [2.75, 3.05) is 0 Å². The summed E-state index contributed by atoms with van der Waals surface area (Å²) in [6.45, 7) is 5.71. The largest absolute Gasteiger partial charge is 0.351 e. The topological polar surface area (TPSA) is 41.1 Å². The van der Waals surface area contributed by atoms with Crippen LogP contribution in [-0.4, -0.2) is 5.91 Å². The first-order chi connectivity index (χ1) is 11.0. The maximum absolute atomic E-state index is 14.0. The van der Waals surface area contributed by atoms with Gasteiger partial charge in [0.25, 0.3) is 0 Å². The van der Waals surface area contributed by atoms with Gasteiger partial charge >= 0.3 is 0 Å². The second-order valence-corrected chi connectivity index (χ2v) is 6.49. The third-order valence-corrected chi connectivity index (χ3v) is 4.47. The van der Waals surface area contributed by atoms with E-state index in [0.717, 1.165) is 18.7 Å². The van der Waals surface area contributed by atoms with Crippen LogP contribution in [0.15, 0.2) is 42.5 Å². The van der Waals surface area contributed by atoms with E-state index in [4.69, 9.17) is 0 Å². The highest BCUT2D eigenvalue weighted by Crippen LogP contribution is 2.26. The lowest BCUT2D eigenvalue weighted by Crippen LogP contribution is -2.40. The molecule has 1 aliphatic heterocycles. The van der Waals surface area contributed by atoms with Crippen LogP contribution in [0.25, 0.3) is 0 Å². The summed E-state index contributed by atoms with van der Waals surface area (Å²) >= 11 is 0. The Morgan fingerprint density at radius 1 is 1.17 bits per heavy atom. The van der Waals surface area contributed by atoms with Crippen LogP contribution < -0.4 is 10.6 Å². The zero-order chi connectivity index (χ0) is 16.4.